The lowest BCUT2D eigenvalue weighted by atomic mass is 10.2. The third kappa shape index (κ3) is 5.75. The molecule has 2 aromatic carbocycles. The molecule has 148 valence electrons. The van der Waals surface area contributed by atoms with E-state index in [9.17, 15) is 4.79 Å². The van der Waals surface area contributed by atoms with Crippen molar-refractivity contribution in [2.45, 2.75) is 13.3 Å². The van der Waals surface area contributed by atoms with E-state index in [0.717, 1.165) is 16.1 Å². The normalized spacial score (nSPS) is 11.2. The van der Waals surface area contributed by atoms with E-state index in [-0.39, 0.29) is 24.7 Å². The van der Waals surface area contributed by atoms with Gasteiger partial charge in [-0.1, -0.05) is 40.9 Å². The van der Waals surface area contributed by atoms with Crippen LogP contribution < -0.4 is 10.1 Å². The van der Waals surface area contributed by atoms with E-state index >= 15 is 0 Å². The smallest absolute Gasteiger partial charge is 0.230 e. The summed E-state index contributed by atoms with van der Waals surface area (Å²) in [7, 11) is 1.87. The van der Waals surface area contributed by atoms with Gasteiger partial charge in [-0.2, -0.15) is 0 Å². The van der Waals surface area contributed by atoms with Crippen LogP contribution in [0.1, 0.15) is 11.3 Å². The zero-order chi connectivity index (χ0) is 19.6. The molecule has 0 spiro atoms. The van der Waals surface area contributed by atoms with Crippen LogP contribution in [0.2, 0.25) is 15.1 Å². The molecule has 1 heterocycles. The van der Waals surface area contributed by atoms with Crippen molar-refractivity contribution in [3.05, 3.63) is 72.9 Å². The molecule has 9 heteroatoms. The Bertz CT molecular complexity index is 1060. The summed E-state index contributed by atoms with van der Waals surface area (Å²) in [5, 5.41) is 6.44. The minimum absolute atomic E-state index is 0. The zero-order valence-electron chi connectivity index (χ0n) is 15.0. The number of anilines is 1. The molecule has 0 aliphatic carbocycles. The van der Waals surface area contributed by atoms with Gasteiger partial charge in [-0.3, -0.25) is 4.79 Å². The summed E-state index contributed by atoms with van der Waals surface area (Å²) in [5.74, 6) is -0.124. The quantitative estimate of drug-likeness (QED) is 0.479. The number of carbonyl (C=O) groups excluding carboxylic acids is 1. The van der Waals surface area contributed by atoms with Crippen LogP contribution in [0, 0.1) is 6.92 Å². The number of aromatic nitrogens is 1. The van der Waals surface area contributed by atoms with Gasteiger partial charge in [0.15, 0.2) is 4.80 Å². The summed E-state index contributed by atoms with van der Waals surface area (Å²) < 4.78 is 1.88. The summed E-state index contributed by atoms with van der Waals surface area (Å²) in [6.07, 6.45) is 0.227. The molecule has 0 fully saturated rings. The highest BCUT2D eigenvalue weighted by molar-refractivity contribution is 7.07. The molecule has 4 nitrogen and oxygen atoms in total. The molecule has 3 rings (SSSR count). The van der Waals surface area contributed by atoms with E-state index in [2.05, 4.69) is 10.3 Å². The molecule has 0 aliphatic heterocycles. The van der Waals surface area contributed by atoms with Crippen LogP contribution in [0.3, 0.4) is 0 Å². The zero-order valence-corrected chi connectivity index (χ0v) is 18.9. The number of rotatable bonds is 4. The molecule has 0 radical (unpaired) electrons. The second kappa shape index (κ2) is 9.81. The Morgan fingerprint density at radius 2 is 1.82 bits per heavy atom. The lowest BCUT2D eigenvalue weighted by Gasteiger charge is -2.07. The molecule has 0 bridgehead atoms. The second-order valence-corrected chi connectivity index (χ2v) is 8.11. The molecule has 3 aromatic rings. The monoisotopic (exact) mass is 475 g/mol. The fourth-order valence-electron chi connectivity index (χ4n) is 2.42. The molecule has 1 amide bonds. The standard InChI is InChI=1S/C19H16Cl3N3OS.ClH/c1-11-3-4-14(8-17(11)22)23-18(26)9-16-10-27-19(25(16)2)24-15-6-12(20)5-13(21)7-15;/h3-8,10H,9H2,1-2H3,(H,23,26);1H. The maximum atomic E-state index is 12.4. The van der Waals surface area contributed by atoms with Gasteiger partial charge in [0, 0.05) is 38.9 Å². The minimum Gasteiger partial charge on any atom is -0.326 e. The molecule has 0 atom stereocenters. The molecule has 28 heavy (non-hydrogen) atoms. The maximum absolute atomic E-state index is 12.4. The van der Waals surface area contributed by atoms with Crippen molar-refractivity contribution in [3.8, 4) is 0 Å². The average molecular weight is 477 g/mol. The average Bonchev–Trinajstić information content (AvgIpc) is 2.90. The topological polar surface area (TPSA) is 46.4 Å². The number of thiazole rings is 1. The number of benzene rings is 2. The predicted octanol–water partition coefficient (Wildman–Crippen LogP) is 6.19. The maximum Gasteiger partial charge on any atom is 0.230 e. The largest absolute Gasteiger partial charge is 0.326 e. The summed E-state index contributed by atoms with van der Waals surface area (Å²) in [6.45, 7) is 1.91. The van der Waals surface area contributed by atoms with Gasteiger partial charge in [0.2, 0.25) is 5.91 Å². The Morgan fingerprint density at radius 1 is 1.14 bits per heavy atom. The molecular formula is C19H17Cl4N3OS. The van der Waals surface area contributed by atoms with Gasteiger partial charge in [-0.05, 0) is 42.8 Å². The summed E-state index contributed by atoms with van der Waals surface area (Å²) in [5.41, 5.74) is 3.15. The lowest BCUT2D eigenvalue weighted by molar-refractivity contribution is -0.115. The third-order valence-corrected chi connectivity index (χ3v) is 5.70. The third-order valence-electron chi connectivity index (χ3n) is 3.89. The first-order chi connectivity index (χ1) is 12.8. The molecule has 0 aliphatic rings. The lowest BCUT2D eigenvalue weighted by Crippen LogP contribution is -2.19. The molecular weight excluding hydrogens is 460 g/mol. The van der Waals surface area contributed by atoms with E-state index in [1.54, 1.807) is 24.3 Å². The number of halogens is 4. The van der Waals surface area contributed by atoms with Crippen LogP contribution in [-0.2, 0) is 18.3 Å². The van der Waals surface area contributed by atoms with Gasteiger partial charge in [0.05, 0.1) is 12.1 Å². The number of hydrogen-bond acceptors (Lipinski definition) is 3. The predicted molar refractivity (Wildman–Crippen MR) is 121 cm³/mol. The van der Waals surface area contributed by atoms with Crippen molar-refractivity contribution in [1.29, 1.82) is 0 Å². The van der Waals surface area contributed by atoms with E-state index in [1.807, 2.05) is 36.1 Å². The van der Waals surface area contributed by atoms with E-state index in [0.29, 0.717) is 26.4 Å². The van der Waals surface area contributed by atoms with E-state index < -0.39 is 0 Å². The molecule has 0 saturated carbocycles. The number of amides is 1. The molecule has 0 saturated heterocycles. The first-order valence-electron chi connectivity index (χ1n) is 8.02. The molecule has 0 unspecified atom stereocenters. The van der Waals surface area contributed by atoms with Gasteiger partial charge in [0.25, 0.3) is 0 Å². The first-order valence-corrected chi connectivity index (χ1v) is 10.0. The number of hydrogen-bond donors (Lipinski definition) is 1. The van der Waals surface area contributed by atoms with Crippen LogP contribution in [0.4, 0.5) is 11.4 Å². The Kier molecular flexibility index (Phi) is 7.98. The number of aryl methyl sites for hydroxylation is 1. The van der Waals surface area contributed by atoms with Crippen LogP contribution in [-0.4, -0.2) is 10.5 Å². The minimum atomic E-state index is -0.124. The van der Waals surface area contributed by atoms with Crippen LogP contribution in [0.5, 0.6) is 0 Å². The van der Waals surface area contributed by atoms with E-state index in [4.69, 9.17) is 34.8 Å². The van der Waals surface area contributed by atoms with Crippen molar-refractivity contribution < 1.29 is 4.79 Å². The van der Waals surface area contributed by atoms with Crippen molar-refractivity contribution in [2.24, 2.45) is 12.0 Å². The van der Waals surface area contributed by atoms with Crippen molar-refractivity contribution >= 4 is 75.8 Å². The van der Waals surface area contributed by atoms with Gasteiger partial charge in [-0.15, -0.1) is 23.7 Å². The van der Waals surface area contributed by atoms with Crippen molar-refractivity contribution in [3.63, 3.8) is 0 Å². The van der Waals surface area contributed by atoms with Crippen molar-refractivity contribution in [2.75, 3.05) is 5.32 Å². The van der Waals surface area contributed by atoms with E-state index in [1.165, 1.54) is 11.3 Å². The Morgan fingerprint density at radius 3 is 2.46 bits per heavy atom. The highest BCUT2D eigenvalue weighted by Crippen LogP contribution is 2.24. The molecule has 1 aromatic heterocycles. The van der Waals surface area contributed by atoms with Crippen LogP contribution in [0.15, 0.2) is 46.8 Å². The summed E-state index contributed by atoms with van der Waals surface area (Å²) in [6, 6.07) is 10.6. The Balaban J connectivity index is 0.00000280. The van der Waals surface area contributed by atoms with Gasteiger partial charge in [0.1, 0.15) is 0 Å². The SMILES string of the molecule is Cc1ccc(NC(=O)Cc2csc(=Nc3cc(Cl)cc(Cl)c3)n2C)cc1Cl.Cl. The van der Waals surface area contributed by atoms with Crippen LogP contribution in [0.25, 0.3) is 0 Å². The summed E-state index contributed by atoms with van der Waals surface area (Å²) >= 11 is 19.6. The first kappa shape index (κ1) is 22.8. The highest BCUT2D eigenvalue weighted by atomic mass is 35.5. The number of carbonyl (C=O) groups is 1. The van der Waals surface area contributed by atoms with Crippen LogP contribution >= 0.6 is 58.5 Å². The number of nitrogens with one attached hydrogen (secondary N) is 1. The fraction of sp³-hybridized carbons (Fsp3) is 0.158. The molecule has 1 N–H and O–H groups in total. The number of nitrogens with zero attached hydrogens (tertiary/aromatic N) is 2. The summed E-state index contributed by atoms with van der Waals surface area (Å²) in [4.78, 5) is 17.7. The Hall–Kier alpha value is -1.50. The van der Waals surface area contributed by atoms with Gasteiger partial charge in [-0.25, -0.2) is 4.99 Å². The Labute approximate surface area is 188 Å². The highest BCUT2D eigenvalue weighted by Gasteiger charge is 2.09. The second-order valence-electron chi connectivity index (χ2n) is 6.00. The fourth-order valence-corrected chi connectivity index (χ4v) is 4.03. The van der Waals surface area contributed by atoms with Gasteiger partial charge < -0.3 is 9.88 Å². The van der Waals surface area contributed by atoms with Crippen molar-refractivity contribution in [1.82, 2.24) is 4.57 Å². The van der Waals surface area contributed by atoms with Gasteiger partial charge >= 0.3 is 0 Å².